The van der Waals surface area contributed by atoms with Gasteiger partial charge in [0.1, 0.15) is 11.1 Å². The van der Waals surface area contributed by atoms with Crippen molar-refractivity contribution in [2.45, 2.75) is 18.5 Å². The van der Waals surface area contributed by atoms with Crippen LogP contribution in [0.15, 0.2) is 22.7 Å². The van der Waals surface area contributed by atoms with E-state index in [1.54, 1.807) is 6.08 Å². The third kappa shape index (κ3) is 1.83. The molecular formula is C13H12N4O3S. The summed E-state index contributed by atoms with van der Waals surface area (Å²) in [4.78, 5) is 24.4. The molecule has 0 aromatic carbocycles. The number of carbonyl (C=O) groups is 2. The number of hydrogen-bond acceptors (Lipinski definition) is 5. The fourth-order valence-electron chi connectivity index (χ4n) is 2.71. The molecule has 1 unspecified atom stereocenters. The second kappa shape index (κ2) is 4.47. The van der Waals surface area contributed by atoms with Gasteiger partial charge in [-0.05, 0) is 12.1 Å². The van der Waals surface area contributed by atoms with E-state index in [-0.39, 0.29) is 17.0 Å². The van der Waals surface area contributed by atoms with Gasteiger partial charge in [-0.25, -0.2) is 4.79 Å². The summed E-state index contributed by atoms with van der Waals surface area (Å²) in [5.74, 6) is -1.32. The van der Waals surface area contributed by atoms with Crippen molar-refractivity contribution in [3.63, 3.8) is 0 Å². The van der Waals surface area contributed by atoms with Crippen LogP contribution in [-0.4, -0.2) is 43.6 Å². The zero-order valence-corrected chi connectivity index (χ0v) is 11.8. The topological polar surface area (TPSA) is 87.5 Å². The Morgan fingerprint density at radius 1 is 1.57 bits per heavy atom. The normalized spacial score (nSPS) is 25.4. The minimum absolute atomic E-state index is 0.0560. The number of fused-ring (bicyclic) bond motifs is 2. The van der Waals surface area contributed by atoms with Gasteiger partial charge in [-0.15, -0.1) is 11.8 Å². The Balaban J connectivity index is 1.60. The molecule has 0 radical (unpaired) electrons. The number of rotatable bonds is 2. The maximum absolute atomic E-state index is 12.1. The van der Waals surface area contributed by atoms with Crippen molar-refractivity contribution in [1.82, 2.24) is 20.0 Å². The van der Waals surface area contributed by atoms with Crippen LogP contribution in [0.5, 0.6) is 0 Å². The van der Waals surface area contributed by atoms with Crippen LogP contribution in [0, 0.1) is 0 Å². The molecule has 4 heterocycles. The number of β-lactam (4-membered cyclic amide) rings is 1. The van der Waals surface area contributed by atoms with Gasteiger partial charge >= 0.3 is 5.97 Å². The smallest absolute Gasteiger partial charge is 0.353 e. The average molecular weight is 304 g/mol. The predicted octanol–water partition coefficient (Wildman–Crippen LogP) is 0.211. The van der Waals surface area contributed by atoms with E-state index >= 15 is 0 Å². The lowest BCUT2D eigenvalue weighted by atomic mass is 10.0. The van der Waals surface area contributed by atoms with Crippen molar-refractivity contribution >= 4 is 29.7 Å². The number of carboxylic acids is 1. The Bertz CT molecular complexity index is 697. The Kier molecular flexibility index (Phi) is 2.69. The highest BCUT2D eigenvalue weighted by Crippen LogP contribution is 2.44. The molecule has 1 saturated heterocycles. The predicted molar refractivity (Wildman–Crippen MR) is 75.9 cm³/mol. The van der Waals surface area contributed by atoms with Crippen LogP contribution in [-0.2, 0) is 22.7 Å². The van der Waals surface area contributed by atoms with E-state index in [9.17, 15) is 9.59 Å². The van der Waals surface area contributed by atoms with Crippen molar-refractivity contribution in [1.29, 1.82) is 0 Å². The molecule has 0 spiro atoms. The maximum atomic E-state index is 12.1. The van der Waals surface area contributed by atoms with Crippen LogP contribution in [0.2, 0.25) is 0 Å². The Morgan fingerprint density at radius 2 is 2.43 bits per heavy atom. The van der Waals surface area contributed by atoms with Crippen molar-refractivity contribution in [2.75, 3.05) is 6.54 Å². The molecule has 108 valence electrons. The number of carbonyl (C=O) groups excluding carboxylic acids is 1. The van der Waals surface area contributed by atoms with Gasteiger partial charge in [0.25, 0.3) is 5.91 Å². The Morgan fingerprint density at radius 3 is 3.19 bits per heavy atom. The molecule has 4 rings (SSSR count). The number of aliphatic carboxylic acids is 1. The summed E-state index contributed by atoms with van der Waals surface area (Å²) in [5, 5.41) is 18.0. The molecule has 0 aliphatic carbocycles. The fraction of sp³-hybridized carbons (Fsp3) is 0.308. The number of hydrogen-bond donors (Lipinski definition) is 2. The zero-order chi connectivity index (χ0) is 14.6. The summed E-state index contributed by atoms with van der Waals surface area (Å²) >= 11 is 1.34. The third-order valence-electron chi connectivity index (χ3n) is 3.75. The van der Waals surface area contributed by atoms with E-state index < -0.39 is 5.97 Å². The molecule has 2 N–H and O–H groups in total. The van der Waals surface area contributed by atoms with E-state index in [2.05, 4.69) is 10.4 Å². The maximum Gasteiger partial charge on any atom is 0.353 e. The van der Waals surface area contributed by atoms with Gasteiger partial charge in [-0.2, -0.15) is 5.10 Å². The molecule has 8 heteroatoms. The number of nitrogens with zero attached hydrogens (tertiary/aromatic N) is 3. The number of thioether (sulfide) groups is 1. The van der Waals surface area contributed by atoms with Crippen LogP contribution in [0.4, 0.5) is 0 Å². The van der Waals surface area contributed by atoms with Crippen LogP contribution in [0.25, 0.3) is 6.08 Å². The van der Waals surface area contributed by atoms with Crippen molar-refractivity contribution < 1.29 is 14.7 Å². The molecule has 1 aromatic heterocycles. The summed E-state index contributed by atoms with van der Waals surface area (Å²) in [6, 6.07) is 1.96. The van der Waals surface area contributed by atoms with Crippen molar-refractivity contribution in [3.05, 3.63) is 34.1 Å². The highest BCUT2D eigenvalue weighted by Gasteiger charge is 2.49. The van der Waals surface area contributed by atoms with Crippen LogP contribution >= 0.6 is 11.8 Å². The zero-order valence-electron chi connectivity index (χ0n) is 10.9. The molecule has 1 aromatic rings. The van der Waals surface area contributed by atoms with E-state index in [4.69, 9.17) is 5.11 Å². The van der Waals surface area contributed by atoms with Gasteiger partial charge in [-0.1, -0.05) is 0 Å². The van der Waals surface area contributed by atoms with Crippen molar-refractivity contribution in [2.24, 2.45) is 0 Å². The molecular weight excluding hydrogens is 292 g/mol. The van der Waals surface area contributed by atoms with Crippen LogP contribution < -0.4 is 5.32 Å². The monoisotopic (exact) mass is 304 g/mol. The minimum atomic E-state index is -1.07. The average Bonchev–Trinajstić information content (AvgIpc) is 3.05. The number of amides is 1. The molecule has 0 saturated carbocycles. The largest absolute Gasteiger partial charge is 0.477 e. The summed E-state index contributed by atoms with van der Waals surface area (Å²) in [6.07, 6.45) is 1.76. The van der Waals surface area contributed by atoms with Gasteiger partial charge < -0.3 is 10.4 Å². The summed E-state index contributed by atoms with van der Waals surface area (Å²) in [5.41, 5.74) is 2.51. The summed E-state index contributed by atoms with van der Waals surface area (Å²) in [7, 11) is 0. The lowest BCUT2D eigenvalue weighted by Crippen LogP contribution is -2.51. The first-order valence-corrected chi connectivity index (χ1v) is 7.51. The third-order valence-corrected chi connectivity index (χ3v) is 4.83. The first-order valence-electron chi connectivity index (χ1n) is 6.56. The lowest BCUT2D eigenvalue weighted by Gasteiger charge is -2.36. The molecule has 7 nitrogen and oxygen atoms in total. The van der Waals surface area contributed by atoms with Gasteiger partial charge in [0.2, 0.25) is 0 Å². The van der Waals surface area contributed by atoms with E-state index in [1.807, 2.05) is 10.7 Å². The number of nitrogens with one attached hydrogen (secondary N) is 1. The minimum Gasteiger partial charge on any atom is -0.477 e. The first-order chi connectivity index (χ1) is 10.1. The molecule has 1 fully saturated rings. The molecule has 3 aliphatic rings. The SMILES string of the molecule is O=C(O)C1=CSC2/C(=C/c3cc4n(n3)CCNC4)C(=O)N12. The van der Waals surface area contributed by atoms with Gasteiger partial charge in [-0.3, -0.25) is 14.4 Å². The molecule has 1 amide bonds. The molecule has 1 atom stereocenters. The lowest BCUT2D eigenvalue weighted by molar-refractivity contribution is -0.141. The van der Waals surface area contributed by atoms with E-state index in [0.29, 0.717) is 5.57 Å². The standard InChI is InChI=1S/C13H12N4O3S/c18-11-9(12-17(11)10(6-21-12)13(19)20)4-7-3-8-5-14-1-2-16(8)15-7/h3-4,6,12,14H,1-2,5H2,(H,19,20)/b9-4+. The van der Waals surface area contributed by atoms with E-state index in [0.717, 1.165) is 31.0 Å². The second-order valence-corrected chi connectivity index (χ2v) is 5.99. The molecule has 21 heavy (non-hydrogen) atoms. The Hall–Kier alpha value is -2.06. The number of carboxylic acid groups (broad SMARTS) is 1. The fourth-order valence-corrected chi connectivity index (χ4v) is 3.83. The van der Waals surface area contributed by atoms with Gasteiger partial charge in [0, 0.05) is 18.5 Å². The quantitative estimate of drug-likeness (QED) is 0.600. The van der Waals surface area contributed by atoms with Gasteiger partial charge in [0.15, 0.2) is 0 Å². The number of aromatic nitrogens is 2. The van der Waals surface area contributed by atoms with Gasteiger partial charge in [0.05, 0.1) is 23.5 Å². The first kappa shape index (κ1) is 12.7. The highest BCUT2D eigenvalue weighted by molar-refractivity contribution is 8.03. The summed E-state index contributed by atoms with van der Waals surface area (Å²) < 4.78 is 1.94. The van der Waals surface area contributed by atoms with E-state index in [1.165, 1.54) is 22.1 Å². The second-order valence-electron chi connectivity index (χ2n) is 5.03. The van der Waals surface area contributed by atoms with Crippen molar-refractivity contribution in [3.8, 4) is 0 Å². The molecule has 0 bridgehead atoms. The Labute approximate surface area is 124 Å². The van der Waals surface area contributed by atoms with Crippen LogP contribution in [0.1, 0.15) is 11.4 Å². The summed E-state index contributed by atoms with van der Waals surface area (Å²) in [6.45, 7) is 2.49. The molecule has 3 aliphatic heterocycles. The highest BCUT2D eigenvalue weighted by atomic mass is 32.2. The van der Waals surface area contributed by atoms with Crippen LogP contribution in [0.3, 0.4) is 0 Å².